The van der Waals surface area contributed by atoms with Gasteiger partial charge in [0.2, 0.25) is 11.8 Å². The lowest BCUT2D eigenvalue weighted by Crippen LogP contribution is -2.17. The molecular formula is C21H32N2O5. The van der Waals surface area contributed by atoms with E-state index in [0.717, 1.165) is 44.1 Å². The Morgan fingerprint density at radius 2 is 1.54 bits per heavy atom. The van der Waals surface area contributed by atoms with Crippen LogP contribution < -0.4 is 10.8 Å². The van der Waals surface area contributed by atoms with E-state index in [1.54, 1.807) is 17.6 Å². The van der Waals surface area contributed by atoms with Gasteiger partial charge in [-0.05, 0) is 37.0 Å². The Kier molecular flexibility index (Phi) is 12.3. The third-order valence-electron chi connectivity index (χ3n) is 4.28. The highest BCUT2D eigenvalue weighted by Gasteiger charge is 2.06. The number of amides is 2. The Labute approximate surface area is 166 Å². The molecule has 28 heavy (non-hydrogen) atoms. The minimum Gasteiger partial charge on any atom is -0.465 e. The Hall–Kier alpha value is -2.41. The van der Waals surface area contributed by atoms with Crippen LogP contribution in [0.3, 0.4) is 0 Å². The number of ether oxygens (including phenoxy) is 1. The van der Waals surface area contributed by atoms with Gasteiger partial charge in [-0.3, -0.25) is 19.6 Å². The molecule has 3 N–H and O–H groups in total. The third kappa shape index (κ3) is 11.3. The summed E-state index contributed by atoms with van der Waals surface area (Å²) >= 11 is 0. The van der Waals surface area contributed by atoms with Crippen molar-refractivity contribution in [3.8, 4) is 0 Å². The van der Waals surface area contributed by atoms with Crippen LogP contribution in [-0.4, -0.2) is 29.6 Å². The van der Waals surface area contributed by atoms with Gasteiger partial charge in [-0.25, -0.2) is 5.48 Å². The number of rotatable bonds is 14. The molecule has 0 bridgehead atoms. The second-order valence-electron chi connectivity index (χ2n) is 6.80. The Morgan fingerprint density at radius 3 is 2.14 bits per heavy atom. The number of benzene rings is 1. The number of esters is 1. The van der Waals surface area contributed by atoms with Crippen molar-refractivity contribution in [2.75, 3.05) is 11.9 Å². The highest BCUT2D eigenvalue weighted by Crippen LogP contribution is 2.12. The monoisotopic (exact) mass is 392 g/mol. The fourth-order valence-corrected chi connectivity index (χ4v) is 2.67. The second kappa shape index (κ2) is 14.6. The summed E-state index contributed by atoms with van der Waals surface area (Å²) in [7, 11) is 0. The van der Waals surface area contributed by atoms with Crippen molar-refractivity contribution in [3.05, 3.63) is 29.8 Å². The van der Waals surface area contributed by atoms with E-state index in [9.17, 15) is 14.4 Å². The number of nitrogens with one attached hydrogen (secondary N) is 2. The molecule has 7 heteroatoms. The van der Waals surface area contributed by atoms with Crippen LogP contribution in [0.15, 0.2) is 24.3 Å². The molecule has 0 radical (unpaired) electrons. The predicted octanol–water partition coefficient (Wildman–Crippen LogP) is 3.75. The van der Waals surface area contributed by atoms with E-state index < -0.39 is 0 Å². The lowest BCUT2D eigenvalue weighted by molar-refractivity contribution is -0.143. The Bertz CT molecular complexity index is 601. The minimum absolute atomic E-state index is 0.0591. The first-order valence-electron chi connectivity index (χ1n) is 10.0. The van der Waals surface area contributed by atoms with Crippen molar-refractivity contribution in [2.45, 2.75) is 71.1 Å². The van der Waals surface area contributed by atoms with Crippen LogP contribution in [0.4, 0.5) is 5.69 Å². The molecule has 0 saturated carbocycles. The van der Waals surface area contributed by atoms with E-state index in [1.807, 2.05) is 12.1 Å². The summed E-state index contributed by atoms with van der Waals surface area (Å²) in [6.07, 6.45) is 7.11. The van der Waals surface area contributed by atoms with Crippen molar-refractivity contribution in [2.24, 2.45) is 0 Å². The average molecular weight is 392 g/mol. The highest BCUT2D eigenvalue weighted by molar-refractivity contribution is 5.90. The maximum absolute atomic E-state index is 12.0. The van der Waals surface area contributed by atoms with Gasteiger partial charge in [0.1, 0.15) is 0 Å². The van der Waals surface area contributed by atoms with E-state index in [0.29, 0.717) is 31.6 Å². The lowest BCUT2D eigenvalue weighted by Gasteiger charge is -2.07. The van der Waals surface area contributed by atoms with Gasteiger partial charge < -0.3 is 10.1 Å². The van der Waals surface area contributed by atoms with Crippen LogP contribution in [0, 0.1) is 0 Å². The van der Waals surface area contributed by atoms with Crippen molar-refractivity contribution in [1.29, 1.82) is 0 Å². The Morgan fingerprint density at radius 1 is 0.893 bits per heavy atom. The molecule has 0 spiro atoms. The fraction of sp³-hybridized carbons (Fsp3) is 0.571. The number of hydroxylamine groups is 1. The molecule has 0 aliphatic heterocycles. The van der Waals surface area contributed by atoms with Crippen LogP contribution >= 0.6 is 0 Å². The van der Waals surface area contributed by atoms with E-state index in [4.69, 9.17) is 9.94 Å². The molecule has 1 rings (SSSR count). The summed E-state index contributed by atoms with van der Waals surface area (Å²) in [6.45, 7) is 2.57. The van der Waals surface area contributed by atoms with Crippen molar-refractivity contribution in [1.82, 2.24) is 5.48 Å². The molecule has 0 saturated heterocycles. The quantitative estimate of drug-likeness (QED) is 0.194. The van der Waals surface area contributed by atoms with Crippen LogP contribution in [0.25, 0.3) is 0 Å². The summed E-state index contributed by atoms with van der Waals surface area (Å²) in [5.74, 6) is -0.675. The number of anilines is 1. The number of carbonyl (C=O) groups is 3. The van der Waals surface area contributed by atoms with Crippen molar-refractivity contribution >= 4 is 23.5 Å². The third-order valence-corrected chi connectivity index (χ3v) is 4.28. The first-order valence-corrected chi connectivity index (χ1v) is 10.0. The molecule has 0 fully saturated rings. The number of hydrogen-bond acceptors (Lipinski definition) is 5. The topological polar surface area (TPSA) is 105 Å². The molecule has 0 aliphatic carbocycles. The van der Waals surface area contributed by atoms with Crippen molar-refractivity contribution in [3.63, 3.8) is 0 Å². The number of hydrogen-bond donors (Lipinski definition) is 3. The van der Waals surface area contributed by atoms with Crippen molar-refractivity contribution < 1.29 is 24.3 Å². The zero-order chi connectivity index (χ0) is 20.6. The van der Waals surface area contributed by atoms with Crippen LogP contribution in [0.5, 0.6) is 0 Å². The summed E-state index contributed by atoms with van der Waals surface area (Å²) in [4.78, 5) is 34.6. The van der Waals surface area contributed by atoms with Gasteiger partial charge in [0.25, 0.3) is 0 Å². The van der Waals surface area contributed by atoms with Gasteiger partial charge in [0, 0.05) is 18.5 Å². The van der Waals surface area contributed by atoms with Crippen LogP contribution in [0.1, 0.15) is 70.3 Å². The molecule has 156 valence electrons. The maximum atomic E-state index is 12.0. The zero-order valence-electron chi connectivity index (χ0n) is 16.7. The summed E-state index contributed by atoms with van der Waals surface area (Å²) in [5, 5.41) is 11.2. The van der Waals surface area contributed by atoms with Gasteiger partial charge in [-0.2, -0.15) is 0 Å². The minimum atomic E-state index is -0.383. The highest BCUT2D eigenvalue weighted by atomic mass is 16.5. The predicted molar refractivity (Wildman–Crippen MR) is 107 cm³/mol. The van der Waals surface area contributed by atoms with Gasteiger partial charge in [-0.1, -0.05) is 44.7 Å². The summed E-state index contributed by atoms with van der Waals surface area (Å²) in [5.41, 5.74) is 3.15. The molecule has 0 aliphatic rings. The van der Waals surface area contributed by atoms with Gasteiger partial charge in [-0.15, -0.1) is 0 Å². The normalized spacial score (nSPS) is 10.4. The molecule has 0 heterocycles. The zero-order valence-corrected chi connectivity index (χ0v) is 16.7. The van der Waals surface area contributed by atoms with E-state index in [-0.39, 0.29) is 24.2 Å². The summed E-state index contributed by atoms with van der Waals surface area (Å²) in [6, 6.07) is 7.19. The maximum Gasteiger partial charge on any atom is 0.310 e. The first kappa shape index (κ1) is 23.6. The van der Waals surface area contributed by atoms with Crippen LogP contribution in [-0.2, 0) is 25.5 Å². The molecule has 1 aromatic rings. The molecule has 0 atom stereocenters. The molecule has 7 nitrogen and oxygen atoms in total. The number of carbonyl (C=O) groups excluding carboxylic acids is 3. The lowest BCUT2D eigenvalue weighted by atomic mass is 10.1. The molecule has 1 aromatic carbocycles. The SMILES string of the molecule is CCCCCOC(=O)Cc1ccc(NC(=O)CCCCCCC(=O)NO)cc1. The second-order valence-corrected chi connectivity index (χ2v) is 6.80. The molecule has 0 aromatic heterocycles. The number of unbranched alkanes of at least 4 members (excludes halogenated alkanes) is 5. The van der Waals surface area contributed by atoms with Crippen LogP contribution in [0.2, 0.25) is 0 Å². The van der Waals surface area contributed by atoms with Gasteiger partial charge >= 0.3 is 5.97 Å². The van der Waals surface area contributed by atoms with E-state index in [2.05, 4.69) is 12.2 Å². The Balaban J connectivity index is 2.20. The standard InChI is InChI=1S/C21H32N2O5/c1-2-3-8-15-28-21(26)16-17-11-13-18(14-12-17)22-19(24)9-6-4-5-7-10-20(25)23-27/h11-14,27H,2-10,15-16H2,1H3,(H,22,24)(H,23,25). The summed E-state index contributed by atoms with van der Waals surface area (Å²) < 4.78 is 5.19. The van der Waals surface area contributed by atoms with E-state index >= 15 is 0 Å². The average Bonchev–Trinajstić information content (AvgIpc) is 2.69. The van der Waals surface area contributed by atoms with Gasteiger partial charge in [0.15, 0.2) is 0 Å². The molecule has 0 unspecified atom stereocenters. The fourth-order valence-electron chi connectivity index (χ4n) is 2.67. The molecular weight excluding hydrogens is 360 g/mol. The molecule has 2 amide bonds. The first-order chi connectivity index (χ1) is 13.5. The van der Waals surface area contributed by atoms with E-state index in [1.165, 1.54) is 0 Å². The smallest absolute Gasteiger partial charge is 0.310 e. The van der Waals surface area contributed by atoms with Gasteiger partial charge in [0.05, 0.1) is 13.0 Å². The largest absolute Gasteiger partial charge is 0.465 e.